The summed E-state index contributed by atoms with van der Waals surface area (Å²) < 4.78 is 26.3. The molecule has 0 aromatic heterocycles. The summed E-state index contributed by atoms with van der Waals surface area (Å²) in [6.45, 7) is 4.08. The summed E-state index contributed by atoms with van der Waals surface area (Å²) in [5.41, 5.74) is 4.39. The van der Waals surface area contributed by atoms with Crippen LogP contribution in [0.3, 0.4) is 0 Å². The van der Waals surface area contributed by atoms with E-state index in [0.717, 1.165) is 16.7 Å². The molecule has 0 spiro atoms. The minimum absolute atomic E-state index is 0.150. The van der Waals surface area contributed by atoms with Crippen LogP contribution in [-0.2, 0) is 16.6 Å². The van der Waals surface area contributed by atoms with E-state index in [2.05, 4.69) is 5.32 Å². The molecule has 0 unspecified atom stereocenters. The molecule has 3 aromatic carbocycles. The number of sulfonamides is 1. The molecule has 30 heavy (non-hydrogen) atoms. The van der Waals surface area contributed by atoms with Gasteiger partial charge in [0.05, 0.1) is 29.1 Å². The summed E-state index contributed by atoms with van der Waals surface area (Å²) in [5, 5.41) is 3.18. The van der Waals surface area contributed by atoms with Crippen molar-refractivity contribution in [2.45, 2.75) is 20.4 Å². The number of amides is 1. The Hall–Kier alpha value is -2.83. The zero-order valence-electron chi connectivity index (χ0n) is 17.0. The van der Waals surface area contributed by atoms with Crippen molar-refractivity contribution in [1.29, 1.82) is 0 Å². The summed E-state index contributed by atoms with van der Waals surface area (Å²) in [6.07, 6.45) is 1.19. The van der Waals surface area contributed by atoms with Gasteiger partial charge in [-0.05, 0) is 66.9 Å². The van der Waals surface area contributed by atoms with Gasteiger partial charge in [0.25, 0.3) is 5.91 Å². The Morgan fingerprint density at radius 1 is 0.967 bits per heavy atom. The van der Waals surface area contributed by atoms with Gasteiger partial charge in [0.2, 0.25) is 10.0 Å². The van der Waals surface area contributed by atoms with Crippen LogP contribution < -0.4 is 9.62 Å². The second-order valence-electron chi connectivity index (χ2n) is 7.17. The van der Waals surface area contributed by atoms with Gasteiger partial charge in [0, 0.05) is 5.69 Å². The molecule has 0 fully saturated rings. The average Bonchev–Trinajstić information content (AvgIpc) is 2.68. The number of carbonyl (C=O) groups excluding carboxylic acids is 1. The van der Waals surface area contributed by atoms with Crippen LogP contribution in [0.1, 0.15) is 27.0 Å². The maximum absolute atomic E-state index is 12.5. The normalized spacial score (nSPS) is 11.2. The topological polar surface area (TPSA) is 66.5 Å². The lowest BCUT2D eigenvalue weighted by molar-refractivity contribution is 0.102. The molecular weight excluding hydrogens is 420 g/mol. The first-order valence-electron chi connectivity index (χ1n) is 9.35. The van der Waals surface area contributed by atoms with Crippen LogP contribution in [0.5, 0.6) is 0 Å². The van der Waals surface area contributed by atoms with Gasteiger partial charge in [-0.1, -0.05) is 41.9 Å². The molecule has 0 atom stereocenters. The van der Waals surface area contributed by atoms with Gasteiger partial charge in [-0.25, -0.2) is 8.42 Å². The standard InChI is InChI=1S/C23H23ClN2O3S/c1-16-11-12-20(13-17(16)2)26(30(3,28)29)15-18-7-6-8-19(14-18)25-23(27)21-9-4-5-10-22(21)24/h4-14H,15H2,1-3H3,(H,25,27). The third kappa shape index (κ3) is 5.20. The molecule has 0 heterocycles. The summed E-state index contributed by atoms with van der Waals surface area (Å²) in [7, 11) is -3.50. The average molecular weight is 443 g/mol. The quantitative estimate of drug-likeness (QED) is 0.572. The highest BCUT2D eigenvalue weighted by Crippen LogP contribution is 2.25. The molecule has 156 valence electrons. The largest absolute Gasteiger partial charge is 0.322 e. The first kappa shape index (κ1) is 21.9. The number of hydrogen-bond acceptors (Lipinski definition) is 3. The number of rotatable bonds is 6. The van der Waals surface area contributed by atoms with E-state index in [4.69, 9.17) is 11.6 Å². The highest BCUT2D eigenvalue weighted by atomic mass is 35.5. The van der Waals surface area contributed by atoms with Crippen molar-refractivity contribution in [3.05, 3.63) is 94.0 Å². The fourth-order valence-electron chi connectivity index (χ4n) is 3.04. The van der Waals surface area contributed by atoms with E-state index < -0.39 is 10.0 Å². The first-order chi connectivity index (χ1) is 14.1. The van der Waals surface area contributed by atoms with Crippen LogP contribution in [0.4, 0.5) is 11.4 Å². The van der Waals surface area contributed by atoms with Crippen molar-refractivity contribution < 1.29 is 13.2 Å². The molecule has 0 aliphatic rings. The van der Waals surface area contributed by atoms with Crippen LogP contribution in [0.15, 0.2) is 66.7 Å². The maximum Gasteiger partial charge on any atom is 0.257 e. The second-order valence-corrected chi connectivity index (χ2v) is 9.49. The molecule has 0 saturated carbocycles. The molecule has 3 rings (SSSR count). The summed E-state index contributed by atoms with van der Waals surface area (Å²) in [6, 6.07) is 19.5. The second kappa shape index (κ2) is 8.90. The number of benzene rings is 3. The predicted octanol–water partition coefficient (Wildman–Crippen LogP) is 5.18. The third-order valence-corrected chi connectivity index (χ3v) is 6.28. The van der Waals surface area contributed by atoms with Gasteiger partial charge < -0.3 is 5.32 Å². The van der Waals surface area contributed by atoms with Gasteiger partial charge in [-0.2, -0.15) is 0 Å². The van der Waals surface area contributed by atoms with Crippen molar-refractivity contribution in [3.8, 4) is 0 Å². The molecule has 0 radical (unpaired) electrons. The van der Waals surface area contributed by atoms with Crippen molar-refractivity contribution in [3.63, 3.8) is 0 Å². The van der Waals surface area contributed by atoms with Crippen molar-refractivity contribution >= 4 is 38.9 Å². The number of anilines is 2. The van der Waals surface area contributed by atoms with Gasteiger partial charge in [-0.3, -0.25) is 9.10 Å². The smallest absolute Gasteiger partial charge is 0.257 e. The van der Waals surface area contributed by atoms with E-state index >= 15 is 0 Å². The summed E-state index contributed by atoms with van der Waals surface area (Å²) in [4.78, 5) is 12.5. The van der Waals surface area contributed by atoms with Crippen LogP contribution in [0.2, 0.25) is 5.02 Å². The number of halogens is 1. The molecule has 0 saturated heterocycles. The van der Waals surface area contributed by atoms with E-state index in [9.17, 15) is 13.2 Å². The molecular formula is C23H23ClN2O3S. The van der Waals surface area contributed by atoms with Gasteiger partial charge in [0.15, 0.2) is 0 Å². The number of hydrogen-bond donors (Lipinski definition) is 1. The Morgan fingerprint density at radius 2 is 1.70 bits per heavy atom. The van der Waals surface area contributed by atoms with E-state index in [1.165, 1.54) is 10.6 Å². The monoisotopic (exact) mass is 442 g/mol. The fourth-order valence-corrected chi connectivity index (χ4v) is 4.14. The highest BCUT2D eigenvalue weighted by Gasteiger charge is 2.19. The lowest BCUT2D eigenvalue weighted by atomic mass is 10.1. The predicted molar refractivity (Wildman–Crippen MR) is 123 cm³/mol. The fraction of sp³-hybridized carbons (Fsp3) is 0.174. The van der Waals surface area contributed by atoms with Crippen molar-refractivity contribution in [2.75, 3.05) is 15.9 Å². The number of carbonyl (C=O) groups is 1. The Balaban J connectivity index is 1.86. The molecule has 0 bridgehead atoms. The van der Waals surface area contributed by atoms with Gasteiger partial charge in [-0.15, -0.1) is 0 Å². The highest BCUT2D eigenvalue weighted by molar-refractivity contribution is 7.92. The van der Waals surface area contributed by atoms with Crippen LogP contribution in [0, 0.1) is 13.8 Å². The minimum Gasteiger partial charge on any atom is -0.322 e. The van der Waals surface area contributed by atoms with E-state index in [0.29, 0.717) is 22.0 Å². The minimum atomic E-state index is -3.50. The van der Waals surface area contributed by atoms with Gasteiger partial charge >= 0.3 is 0 Å². The molecule has 7 heteroatoms. The molecule has 3 aromatic rings. The number of nitrogens with zero attached hydrogens (tertiary/aromatic N) is 1. The molecule has 0 aliphatic carbocycles. The van der Waals surface area contributed by atoms with Crippen molar-refractivity contribution in [2.24, 2.45) is 0 Å². The Kier molecular flexibility index (Phi) is 6.48. The van der Waals surface area contributed by atoms with Crippen molar-refractivity contribution in [1.82, 2.24) is 0 Å². The maximum atomic E-state index is 12.5. The molecule has 1 amide bonds. The number of nitrogens with one attached hydrogen (secondary N) is 1. The Labute approximate surface area is 182 Å². The molecule has 5 nitrogen and oxygen atoms in total. The van der Waals surface area contributed by atoms with E-state index in [1.807, 2.05) is 32.0 Å². The number of aryl methyl sites for hydroxylation is 2. The molecule has 1 N–H and O–H groups in total. The first-order valence-corrected chi connectivity index (χ1v) is 11.6. The van der Waals surface area contributed by atoms with Crippen LogP contribution >= 0.6 is 11.6 Å². The Morgan fingerprint density at radius 3 is 2.37 bits per heavy atom. The Bertz CT molecular complexity index is 1190. The zero-order chi connectivity index (χ0) is 21.9. The van der Waals surface area contributed by atoms with E-state index in [1.54, 1.807) is 48.5 Å². The SMILES string of the molecule is Cc1ccc(N(Cc2cccc(NC(=O)c3ccccc3Cl)c2)S(C)(=O)=O)cc1C. The zero-order valence-corrected chi connectivity index (χ0v) is 18.6. The molecule has 0 aliphatic heterocycles. The van der Waals surface area contributed by atoms with E-state index in [-0.39, 0.29) is 12.5 Å². The summed E-state index contributed by atoms with van der Waals surface area (Å²) in [5.74, 6) is -0.327. The van der Waals surface area contributed by atoms with Crippen LogP contribution in [-0.4, -0.2) is 20.6 Å². The lowest BCUT2D eigenvalue weighted by Crippen LogP contribution is -2.29. The summed E-state index contributed by atoms with van der Waals surface area (Å²) >= 11 is 6.09. The third-order valence-electron chi connectivity index (χ3n) is 4.81. The lowest BCUT2D eigenvalue weighted by Gasteiger charge is -2.23. The van der Waals surface area contributed by atoms with Gasteiger partial charge in [0.1, 0.15) is 0 Å². The van der Waals surface area contributed by atoms with Crippen LogP contribution in [0.25, 0.3) is 0 Å².